The second kappa shape index (κ2) is 14.8. The van der Waals surface area contributed by atoms with Crippen molar-refractivity contribution in [1.29, 1.82) is 0 Å². The van der Waals surface area contributed by atoms with Gasteiger partial charge in [-0.25, -0.2) is 8.42 Å². The standard InChI is InChI=1S/C33H34ClN3O6S/c1-35-33(39)30(20-24-11-6-4-7-12-24)36(22-25-13-10-14-26(34)19-25)32(38)23-37(44(40,41)28-15-8-5-9-16-28)29-21-27(42-2)17-18-31(29)43-3/h4-19,21,30H,20,22-23H2,1-3H3,(H,35,39). The molecule has 4 rings (SSSR count). The molecule has 4 aromatic rings. The van der Waals surface area contributed by atoms with E-state index >= 15 is 0 Å². The van der Waals surface area contributed by atoms with Gasteiger partial charge in [-0.3, -0.25) is 13.9 Å². The molecule has 4 aromatic carbocycles. The van der Waals surface area contributed by atoms with Crippen molar-refractivity contribution < 1.29 is 27.5 Å². The summed E-state index contributed by atoms with van der Waals surface area (Å²) in [5, 5.41) is 3.13. The highest BCUT2D eigenvalue weighted by Crippen LogP contribution is 2.36. The number of methoxy groups -OCH3 is 2. The van der Waals surface area contributed by atoms with Crippen LogP contribution in [0, 0.1) is 0 Å². The van der Waals surface area contributed by atoms with E-state index in [1.54, 1.807) is 54.6 Å². The fourth-order valence-corrected chi connectivity index (χ4v) is 6.43. The van der Waals surface area contributed by atoms with E-state index in [9.17, 15) is 18.0 Å². The van der Waals surface area contributed by atoms with Gasteiger partial charge in [-0.2, -0.15) is 0 Å². The first kappa shape index (κ1) is 32.4. The number of hydrogen-bond acceptors (Lipinski definition) is 6. The Kier molecular flexibility index (Phi) is 10.9. The van der Waals surface area contributed by atoms with Crippen molar-refractivity contribution in [3.05, 3.63) is 119 Å². The Hall–Kier alpha value is -4.54. The zero-order chi connectivity index (χ0) is 31.7. The Bertz CT molecular complexity index is 1690. The van der Waals surface area contributed by atoms with Crippen LogP contribution in [0.5, 0.6) is 11.5 Å². The first-order valence-corrected chi connectivity index (χ1v) is 15.6. The van der Waals surface area contributed by atoms with Crippen LogP contribution in [0.4, 0.5) is 5.69 Å². The van der Waals surface area contributed by atoms with Gasteiger partial charge in [0.05, 0.1) is 24.8 Å². The number of halogens is 1. The molecule has 1 unspecified atom stereocenters. The number of anilines is 1. The molecule has 0 aliphatic heterocycles. The highest BCUT2D eigenvalue weighted by atomic mass is 35.5. The Morgan fingerprint density at radius 2 is 1.50 bits per heavy atom. The zero-order valence-electron chi connectivity index (χ0n) is 24.6. The van der Waals surface area contributed by atoms with Gasteiger partial charge >= 0.3 is 0 Å². The summed E-state index contributed by atoms with van der Waals surface area (Å²) in [6, 6.07) is 27.8. The lowest BCUT2D eigenvalue weighted by Crippen LogP contribution is -2.53. The fraction of sp³-hybridized carbons (Fsp3) is 0.212. The van der Waals surface area contributed by atoms with E-state index in [0.29, 0.717) is 16.3 Å². The number of hydrogen-bond donors (Lipinski definition) is 1. The van der Waals surface area contributed by atoms with E-state index in [1.165, 1.54) is 44.4 Å². The summed E-state index contributed by atoms with van der Waals surface area (Å²) < 4.78 is 40.2. The largest absolute Gasteiger partial charge is 0.497 e. The minimum Gasteiger partial charge on any atom is -0.497 e. The molecular formula is C33H34ClN3O6S. The number of likely N-dealkylation sites (N-methyl/N-ethyl adjacent to an activating group) is 1. The second-order valence-corrected chi connectivity index (χ2v) is 12.1. The van der Waals surface area contributed by atoms with Crippen LogP contribution in [0.25, 0.3) is 0 Å². The van der Waals surface area contributed by atoms with Crippen LogP contribution in [-0.2, 0) is 32.6 Å². The van der Waals surface area contributed by atoms with Gasteiger partial charge in [-0.15, -0.1) is 0 Å². The first-order valence-electron chi connectivity index (χ1n) is 13.8. The van der Waals surface area contributed by atoms with Gasteiger partial charge in [0.15, 0.2) is 0 Å². The molecule has 0 spiro atoms. The van der Waals surface area contributed by atoms with Crippen molar-refractivity contribution in [1.82, 2.24) is 10.2 Å². The number of amides is 2. The summed E-state index contributed by atoms with van der Waals surface area (Å²) in [7, 11) is 0.0595. The number of carbonyl (C=O) groups is 2. The van der Waals surface area contributed by atoms with Crippen LogP contribution in [0.2, 0.25) is 5.02 Å². The summed E-state index contributed by atoms with van der Waals surface area (Å²) >= 11 is 6.27. The summed E-state index contributed by atoms with van der Waals surface area (Å²) in [4.78, 5) is 29.2. The molecule has 44 heavy (non-hydrogen) atoms. The van der Waals surface area contributed by atoms with E-state index in [2.05, 4.69) is 5.32 Å². The molecule has 2 amide bonds. The van der Waals surface area contributed by atoms with Gasteiger partial charge in [0.2, 0.25) is 11.8 Å². The highest BCUT2D eigenvalue weighted by molar-refractivity contribution is 7.92. The third-order valence-electron chi connectivity index (χ3n) is 7.02. The van der Waals surface area contributed by atoms with Crippen LogP contribution in [-0.4, -0.2) is 59.0 Å². The maximum atomic E-state index is 14.4. The number of nitrogens with one attached hydrogen (secondary N) is 1. The molecular weight excluding hydrogens is 602 g/mol. The average molecular weight is 636 g/mol. The van der Waals surface area contributed by atoms with Gasteiger partial charge in [0, 0.05) is 31.1 Å². The molecule has 0 aromatic heterocycles. The maximum absolute atomic E-state index is 14.4. The van der Waals surface area contributed by atoms with Crippen molar-refractivity contribution in [3.63, 3.8) is 0 Å². The van der Waals surface area contributed by atoms with Gasteiger partial charge in [-0.1, -0.05) is 72.3 Å². The van der Waals surface area contributed by atoms with E-state index in [1.807, 2.05) is 30.3 Å². The molecule has 0 bridgehead atoms. The maximum Gasteiger partial charge on any atom is 0.264 e. The van der Waals surface area contributed by atoms with Gasteiger partial charge in [0.25, 0.3) is 10.0 Å². The minimum absolute atomic E-state index is 0.00121. The monoisotopic (exact) mass is 635 g/mol. The lowest BCUT2D eigenvalue weighted by Gasteiger charge is -2.34. The Morgan fingerprint density at radius 1 is 0.841 bits per heavy atom. The number of nitrogens with zero attached hydrogens (tertiary/aromatic N) is 2. The number of sulfonamides is 1. The summed E-state index contributed by atoms with van der Waals surface area (Å²) in [5.41, 5.74) is 1.60. The molecule has 0 aliphatic carbocycles. The Labute approximate surface area is 263 Å². The van der Waals surface area contributed by atoms with Crippen molar-refractivity contribution in [2.45, 2.75) is 23.9 Å². The van der Waals surface area contributed by atoms with Crippen LogP contribution in [0.15, 0.2) is 108 Å². The van der Waals surface area contributed by atoms with E-state index in [4.69, 9.17) is 21.1 Å². The van der Waals surface area contributed by atoms with E-state index in [0.717, 1.165) is 9.87 Å². The molecule has 0 saturated heterocycles. The zero-order valence-corrected chi connectivity index (χ0v) is 26.2. The van der Waals surface area contributed by atoms with Gasteiger partial charge in [-0.05, 0) is 47.5 Å². The lowest BCUT2D eigenvalue weighted by atomic mass is 10.0. The second-order valence-electron chi connectivity index (χ2n) is 9.83. The van der Waals surface area contributed by atoms with Crippen LogP contribution in [0.3, 0.4) is 0 Å². The molecule has 230 valence electrons. The fourth-order valence-electron chi connectivity index (χ4n) is 4.78. The van der Waals surface area contributed by atoms with E-state index in [-0.39, 0.29) is 29.3 Å². The molecule has 0 fully saturated rings. The first-order chi connectivity index (χ1) is 21.2. The smallest absolute Gasteiger partial charge is 0.264 e. The Balaban J connectivity index is 1.84. The third kappa shape index (κ3) is 7.69. The SMILES string of the molecule is CNC(=O)C(Cc1ccccc1)N(Cc1cccc(Cl)c1)C(=O)CN(c1cc(OC)ccc1OC)S(=O)(=O)c1ccccc1. The number of ether oxygens (including phenoxy) is 2. The van der Waals surface area contributed by atoms with Crippen molar-refractivity contribution >= 4 is 39.1 Å². The topological polar surface area (TPSA) is 105 Å². The van der Waals surface area contributed by atoms with E-state index < -0.39 is 34.4 Å². The number of carbonyl (C=O) groups excluding carboxylic acids is 2. The third-order valence-corrected chi connectivity index (χ3v) is 9.03. The number of benzene rings is 4. The molecule has 1 atom stereocenters. The van der Waals surface area contributed by atoms with Crippen molar-refractivity contribution in [3.8, 4) is 11.5 Å². The molecule has 0 radical (unpaired) electrons. The molecule has 11 heteroatoms. The van der Waals surface area contributed by atoms with Crippen LogP contribution in [0.1, 0.15) is 11.1 Å². The molecule has 9 nitrogen and oxygen atoms in total. The quantitative estimate of drug-likeness (QED) is 0.223. The van der Waals surface area contributed by atoms with Crippen molar-refractivity contribution in [2.75, 3.05) is 32.1 Å². The summed E-state index contributed by atoms with van der Waals surface area (Å²) in [6.07, 6.45) is 0.195. The lowest BCUT2D eigenvalue weighted by molar-refractivity contribution is -0.139. The Morgan fingerprint density at radius 3 is 2.11 bits per heavy atom. The van der Waals surface area contributed by atoms with Crippen molar-refractivity contribution in [2.24, 2.45) is 0 Å². The number of rotatable bonds is 13. The molecule has 0 saturated carbocycles. The van der Waals surface area contributed by atoms with Crippen LogP contribution >= 0.6 is 11.6 Å². The predicted molar refractivity (Wildman–Crippen MR) is 171 cm³/mol. The predicted octanol–water partition coefficient (Wildman–Crippen LogP) is 4.94. The summed E-state index contributed by atoms with van der Waals surface area (Å²) in [6.45, 7) is -0.637. The summed E-state index contributed by atoms with van der Waals surface area (Å²) in [5.74, 6) is -0.434. The highest BCUT2D eigenvalue weighted by Gasteiger charge is 2.35. The van der Waals surface area contributed by atoms with Gasteiger partial charge < -0.3 is 19.7 Å². The van der Waals surface area contributed by atoms with Crippen LogP contribution < -0.4 is 19.1 Å². The minimum atomic E-state index is -4.30. The van der Waals surface area contributed by atoms with Gasteiger partial charge in [0.1, 0.15) is 24.1 Å². The molecule has 0 aliphatic rings. The normalized spacial score (nSPS) is 11.7. The molecule has 0 heterocycles. The average Bonchev–Trinajstić information content (AvgIpc) is 3.05. The molecule has 1 N–H and O–H groups in total.